The van der Waals surface area contributed by atoms with Crippen molar-refractivity contribution < 1.29 is 9.53 Å². The number of hydrogen-bond donors (Lipinski definition) is 2. The van der Waals surface area contributed by atoms with Gasteiger partial charge in [0.25, 0.3) is 0 Å². The Morgan fingerprint density at radius 2 is 1.65 bits per heavy atom. The lowest BCUT2D eigenvalue weighted by molar-refractivity contribution is 0.215. The van der Waals surface area contributed by atoms with Gasteiger partial charge in [0, 0.05) is 0 Å². The average molecular weight is 228 g/mol. The van der Waals surface area contributed by atoms with E-state index in [1.807, 2.05) is 6.07 Å². The number of para-hydroxylation sites is 3. The van der Waals surface area contributed by atoms with Crippen molar-refractivity contribution in [3.8, 4) is 5.75 Å². The van der Waals surface area contributed by atoms with Crippen LogP contribution in [0.1, 0.15) is 0 Å². The first-order valence-corrected chi connectivity index (χ1v) is 5.14. The number of benzene rings is 2. The zero-order valence-corrected chi connectivity index (χ0v) is 9.09. The Hall–Kier alpha value is -2.49. The van der Waals surface area contributed by atoms with Crippen molar-refractivity contribution >= 4 is 17.5 Å². The van der Waals surface area contributed by atoms with Crippen LogP contribution in [0.4, 0.5) is 16.2 Å². The van der Waals surface area contributed by atoms with E-state index in [0.29, 0.717) is 17.1 Å². The van der Waals surface area contributed by atoms with Gasteiger partial charge in [0.1, 0.15) is 5.75 Å². The van der Waals surface area contributed by atoms with Crippen LogP contribution in [-0.4, -0.2) is 6.09 Å². The number of rotatable bonds is 2. The molecule has 0 aliphatic heterocycles. The van der Waals surface area contributed by atoms with Crippen molar-refractivity contribution in [1.29, 1.82) is 0 Å². The molecule has 4 nitrogen and oxygen atoms in total. The molecular weight excluding hydrogens is 216 g/mol. The second-order valence-electron chi connectivity index (χ2n) is 3.41. The Bertz CT molecular complexity index is 512. The summed E-state index contributed by atoms with van der Waals surface area (Å²) in [4.78, 5) is 11.5. The van der Waals surface area contributed by atoms with Gasteiger partial charge in [-0.15, -0.1) is 0 Å². The van der Waals surface area contributed by atoms with Crippen LogP contribution < -0.4 is 15.8 Å². The summed E-state index contributed by atoms with van der Waals surface area (Å²) in [6.45, 7) is 0. The molecule has 0 bridgehead atoms. The molecule has 0 aliphatic rings. The van der Waals surface area contributed by atoms with Crippen molar-refractivity contribution in [1.82, 2.24) is 0 Å². The van der Waals surface area contributed by atoms with Gasteiger partial charge in [0.2, 0.25) is 0 Å². The highest BCUT2D eigenvalue weighted by Crippen LogP contribution is 2.17. The molecule has 0 spiro atoms. The number of ether oxygens (including phenoxy) is 1. The molecule has 0 saturated carbocycles. The summed E-state index contributed by atoms with van der Waals surface area (Å²) in [5, 5.41) is 2.57. The van der Waals surface area contributed by atoms with Crippen molar-refractivity contribution in [2.75, 3.05) is 11.1 Å². The number of hydrogen-bond acceptors (Lipinski definition) is 3. The van der Waals surface area contributed by atoms with Crippen LogP contribution in [0.15, 0.2) is 54.6 Å². The molecule has 0 heterocycles. The monoisotopic (exact) mass is 228 g/mol. The summed E-state index contributed by atoms with van der Waals surface area (Å²) >= 11 is 0. The van der Waals surface area contributed by atoms with Gasteiger partial charge in [-0.1, -0.05) is 30.3 Å². The molecule has 86 valence electrons. The molecule has 17 heavy (non-hydrogen) atoms. The third-order valence-electron chi connectivity index (χ3n) is 2.15. The molecule has 2 rings (SSSR count). The lowest BCUT2D eigenvalue weighted by Crippen LogP contribution is -2.17. The summed E-state index contributed by atoms with van der Waals surface area (Å²) in [6.07, 6.45) is -0.561. The van der Waals surface area contributed by atoms with E-state index in [0.717, 1.165) is 0 Å². The van der Waals surface area contributed by atoms with Crippen molar-refractivity contribution in [2.24, 2.45) is 0 Å². The summed E-state index contributed by atoms with van der Waals surface area (Å²) in [7, 11) is 0. The zero-order chi connectivity index (χ0) is 12.1. The highest BCUT2D eigenvalue weighted by molar-refractivity contribution is 5.90. The van der Waals surface area contributed by atoms with Gasteiger partial charge in [-0.3, -0.25) is 5.32 Å². The fraction of sp³-hybridized carbons (Fsp3) is 0. The van der Waals surface area contributed by atoms with E-state index in [9.17, 15) is 4.79 Å². The van der Waals surface area contributed by atoms with E-state index < -0.39 is 6.09 Å². The number of anilines is 2. The first-order chi connectivity index (χ1) is 8.25. The van der Waals surface area contributed by atoms with E-state index in [2.05, 4.69) is 5.32 Å². The molecule has 0 radical (unpaired) electrons. The van der Waals surface area contributed by atoms with Gasteiger partial charge in [-0.25, -0.2) is 4.79 Å². The summed E-state index contributed by atoms with van der Waals surface area (Å²) in [5.41, 5.74) is 6.73. The minimum atomic E-state index is -0.561. The summed E-state index contributed by atoms with van der Waals surface area (Å²) in [5.74, 6) is 0.486. The largest absolute Gasteiger partial charge is 0.417 e. The Balaban J connectivity index is 2.01. The van der Waals surface area contributed by atoms with Gasteiger partial charge in [0.15, 0.2) is 0 Å². The number of carbonyl (C=O) groups is 1. The van der Waals surface area contributed by atoms with Gasteiger partial charge < -0.3 is 10.5 Å². The highest BCUT2D eigenvalue weighted by Gasteiger charge is 2.06. The molecule has 4 heteroatoms. The van der Waals surface area contributed by atoms with Crippen LogP contribution in [0, 0.1) is 0 Å². The second kappa shape index (κ2) is 5.03. The van der Waals surface area contributed by atoms with E-state index in [1.54, 1.807) is 48.5 Å². The number of carbonyl (C=O) groups excluding carboxylic acids is 1. The molecule has 0 aromatic heterocycles. The molecule has 2 aromatic carbocycles. The Kier molecular flexibility index (Phi) is 3.25. The number of nitrogen functional groups attached to an aromatic ring is 1. The molecular formula is C13H12N2O2. The van der Waals surface area contributed by atoms with Crippen LogP contribution in [-0.2, 0) is 0 Å². The maximum Gasteiger partial charge on any atom is 0.417 e. The Morgan fingerprint density at radius 3 is 2.35 bits per heavy atom. The number of nitrogens with one attached hydrogen (secondary N) is 1. The van der Waals surface area contributed by atoms with Crippen LogP contribution in [0.25, 0.3) is 0 Å². The third kappa shape index (κ3) is 2.98. The molecule has 0 saturated heterocycles. The topological polar surface area (TPSA) is 64.3 Å². The summed E-state index contributed by atoms with van der Waals surface area (Å²) in [6, 6.07) is 15.8. The number of nitrogens with two attached hydrogens (primary N) is 1. The second-order valence-corrected chi connectivity index (χ2v) is 3.41. The van der Waals surface area contributed by atoms with Crippen LogP contribution >= 0.6 is 0 Å². The van der Waals surface area contributed by atoms with Gasteiger partial charge in [-0.05, 0) is 24.3 Å². The summed E-state index contributed by atoms with van der Waals surface area (Å²) < 4.78 is 5.07. The van der Waals surface area contributed by atoms with E-state index in [4.69, 9.17) is 10.5 Å². The molecule has 0 fully saturated rings. The predicted octanol–water partition coefficient (Wildman–Crippen LogP) is 2.88. The SMILES string of the molecule is Nc1ccccc1NC(=O)Oc1ccccc1. The molecule has 3 N–H and O–H groups in total. The maximum atomic E-state index is 11.5. The Morgan fingerprint density at radius 1 is 1.00 bits per heavy atom. The standard InChI is InChI=1S/C13H12N2O2/c14-11-8-4-5-9-12(11)15-13(16)17-10-6-2-1-3-7-10/h1-9H,14H2,(H,15,16). The van der Waals surface area contributed by atoms with Gasteiger partial charge in [-0.2, -0.15) is 0 Å². The molecule has 2 aromatic rings. The van der Waals surface area contributed by atoms with Gasteiger partial charge >= 0.3 is 6.09 Å². The van der Waals surface area contributed by atoms with Crippen LogP contribution in [0.5, 0.6) is 5.75 Å². The average Bonchev–Trinajstić information content (AvgIpc) is 2.33. The smallest absolute Gasteiger partial charge is 0.410 e. The first kappa shape index (κ1) is 11.0. The fourth-order valence-corrected chi connectivity index (χ4v) is 1.34. The van der Waals surface area contributed by atoms with Crippen molar-refractivity contribution in [3.63, 3.8) is 0 Å². The van der Waals surface area contributed by atoms with Crippen LogP contribution in [0.3, 0.4) is 0 Å². The number of amides is 1. The Labute approximate surface area is 99.0 Å². The third-order valence-corrected chi connectivity index (χ3v) is 2.15. The zero-order valence-electron chi connectivity index (χ0n) is 9.09. The molecule has 1 amide bonds. The lowest BCUT2D eigenvalue weighted by Gasteiger charge is -2.08. The first-order valence-electron chi connectivity index (χ1n) is 5.14. The fourth-order valence-electron chi connectivity index (χ4n) is 1.34. The minimum absolute atomic E-state index is 0.486. The molecule has 0 atom stereocenters. The van der Waals surface area contributed by atoms with Crippen molar-refractivity contribution in [2.45, 2.75) is 0 Å². The quantitative estimate of drug-likeness (QED) is 0.777. The van der Waals surface area contributed by atoms with E-state index >= 15 is 0 Å². The maximum absolute atomic E-state index is 11.5. The molecule has 0 aliphatic carbocycles. The predicted molar refractivity (Wildman–Crippen MR) is 66.9 cm³/mol. The minimum Gasteiger partial charge on any atom is -0.410 e. The molecule has 0 unspecified atom stereocenters. The lowest BCUT2D eigenvalue weighted by atomic mass is 10.3. The van der Waals surface area contributed by atoms with Crippen molar-refractivity contribution in [3.05, 3.63) is 54.6 Å². The highest BCUT2D eigenvalue weighted by atomic mass is 16.6. The van der Waals surface area contributed by atoms with E-state index in [-0.39, 0.29) is 0 Å². The van der Waals surface area contributed by atoms with Gasteiger partial charge in [0.05, 0.1) is 11.4 Å². The van der Waals surface area contributed by atoms with E-state index in [1.165, 1.54) is 0 Å². The van der Waals surface area contributed by atoms with Crippen LogP contribution in [0.2, 0.25) is 0 Å². The normalized spacial score (nSPS) is 9.65.